The molecule has 2 heterocycles. The Morgan fingerprint density at radius 2 is 2.00 bits per heavy atom. The molecule has 1 aliphatic rings. The third-order valence-corrected chi connectivity index (χ3v) is 4.79. The summed E-state index contributed by atoms with van der Waals surface area (Å²) in [6.45, 7) is 2.81. The Hall–Kier alpha value is -1.18. The zero-order valence-corrected chi connectivity index (χ0v) is 15.4. The molecule has 1 aliphatic heterocycles. The van der Waals surface area contributed by atoms with Crippen LogP contribution in [0.25, 0.3) is 0 Å². The van der Waals surface area contributed by atoms with Crippen LogP contribution < -0.4 is 5.32 Å². The summed E-state index contributed by atoms with van der Waals surface area (Å²) in [5.74, 6) is -0.0798. The highest BCUT2D eigenvalue weighted by Gasteiger charge is 2.18. The lowest BCUT2D eigenvalue weighted by molar-refractivity contribution is 0.0992. The fraction of sp³-hybridized carbons (Fsp3) is 0.312. The minimum Gasteiger partial charge on any atom is -0.455 e. The summed E-state index contributed by atoms with van der Waals surface area (Å²) in [5, 5.41) is 2.54. The van der Waals surface area contributed by atoms with Crippen LogP contribution in [0.3, 0.4) is 0 Å². The largest absolute Gasteiger partial charge is 0.455 e. The van der Waals surface area contributed by atoms with Crippen LogP contribution >= 0.6 is 31.9 Å². The van der Waals surface area contributed by atoms with Gasteiger partial charge in [-0.05, 0) is 66.1 Å². The number of furan rings is 1. The Labute approximate surface area is 150 Å². The lowest BCUT2D eigenvalue weighted by Gasteiger charge is -2.11. The fourth-order valence-electron chi connectivity index (χ4n) is 2.58. The molecule has 3 rings (SSSR count). The summed E-state index contributed by atoms with van der Waals surface area (Å²) in [5.41, 5.74) is 0.0932. The molecule has 1 saturated heterocycles. The van der Waals surface area contributed by atoms with Gasteiger partial charge in [0.1, 0.15) is 11.6 Å². The number of hydrogen-bond donors (Lipinski definition) is 1. The molecule has 0 atom stereocenters. The number of hydrogen-bond acceptors (Lipinski definition) is 3. The molecule has 0 spiro atoms. The van der Waals surface area contributed by atoms with Crippen LogP contribution in [-0.4, -0.2) is 23.9 Å². The highest BCUT2D eigenvalue weighted by molar-refractivity contribution is 9.11. The smallest absolute Gasteiger partial charge is 0.291 e. The number of rotatable bonds is 4. The number of halogens is 3. The average Bonchev–Trinajstić information content (AvgIpc) is 3.15. The van der Waals surface area contributed by atoms with Gasteiger partial charge in [0, 0.05) is 8.95 Å². The van der Waals surface area contributed by atoms with Crippen molar-refractivity contribution in [3.8, 4) is 0 Å². The van der Waals surface area contributed by atoms with E-state index in [2.05, 4.69) is 42.1 Å². The maximum absolute atomic E-state index is 14.0. The Balaban J connectivity index is 1.70. The number of amides is 1. The molecular weight excluding hydrogens is 431 g/mol. The summed E-state index contributed by atoms with van der Waals surface area (Å²) in [7, 11) is 0. The predicted octanol–water partition coefficient (Wildman–Crippen LogP) is 4.79. The maximum Gasteiger partial charge on any atom is 0.291 e. The molecule has 1 aromatic heterocycles. The van der Waals surface area contributed by atoms with Gasteiger partial charge in [-0.3, -0.25) is 9.69 Å². The first kappa shape index (κ1) is 16.7. The van der Waals surface area contributed by atoms with Crippen molar-refractivity contribution in [2.24, 2.45) is 0 Å². The van der Waals surface area contributed by atoms with Crippen molar-refractivity contribution >= 4 is 43.5 Å². The van der Waals surface area contributed by atoms with Crippen LogP contribution in [0.2, 0.25) is 0 Å². The second kappa shape index (κ2) is 7.15. The Morgan fingerprint density at radius 1 is 1.26 bits per heavy atom. The van der Waals surface area contributed by atoms with Gasteiger partial charge >= 0.3 is 0 Å². The van der Waals surface area contributed by atoms with Crippen molar-refractivity contribution in [1.82, 2.24) is 4.90 Å². The van der Waals surface area contributed by atoms with Gasteiger partial charge in [-0.15, -0.1) is 0 Å². The topological polar surface area (TPSA) is 45.5 Å². The molecule has 0 aliphatic carbocycles. The summed E-state index contributed by atoms with van der Waals surface area (Å²) in [6.07, 6.45) is 2.40. The number of carbonyl (C=O) groups excluding carboxylic acids is 1. The molecule has 122 valence electrons. The second-order valence-electron chi connectivity index (χ2n) is 5.45. The Kier molecular flexibility index (Phi) is 5.18. The standard InChI is InChI=1S/C16H15Br2FN2O2/c17-10-7-12(18)15(13(19)8-10)20-16(22)14-4-3-11(23-14)9-21-5-1-2-6-21/h3-4,7-8H,1-2,5-6,9H2,(H,20,22). The van der Waals surface area contributed by atoms with Crippen LogP contribution in [0, 0.1) is 5.82 Å². The van der Waals surface area contributed by atoms with Crippen molar-refractivity contribution in [2.45, 2.75) is 19.4 Å². The van der Waals surface area contributed by atoms with Gasteiger partial charge < -0.3 is 9.73 Å². The first-order valence-electron chi connectivity index (χ1n) is 7.30. The van der Waals surface area contributed by atoms with E-state index in [-0.39, 0.29) is 11.4 Å². The van der Waals surface area contributed by atoms with Crippen LogP contribution in [0.4, 0.5) is 10.1 Å². The summed E-state index contributed by atoms with van der Waals surface area (Å²) < 4.78 is 20.6. The fourth-order valence-corrected chi connectivity index (χ4v) is 3.86. The zero-order valence-electron chi connectivity index (χ0n) is 12.2. The number of anilines is 1. The number of carbonyl (C=O) groups is 1. The van der Waals surface area contributed by atoms with E-state index < -0.39 is 11.7 Å². The highest BCUT2D eigenvalue weighted by Crippen LogP contribution is 2.30. The SMILES string of the molecule is O=C(Nc1c(F)cc(Br)cc1Br)c1ccc(CN2CCCC2)o1. The minimum absolute atomic E-state index is 0.0932. The van der Waals surface area contributed by atoms with Crippen molar-refractivity contribution in [3.63, 3.8) is 0 Å². The van der Waals surface area contributed by atoms with Gasteiger partial charge in [0.2, 0.25) is 0 Å². The number of likely N-dealkylation sites (tertiary alicyclic amines) is 1. The highest BCUT2D eigenvalue weighted by atomic mass is 79.9. The Morgan fingerprint density at radius 3 is 2.70 bits per heavy atom. The van der Waals surface area contributed by atoms with Crippen molar-refractivity contribution in [2.75, 3.05) is 18.4 Å². The quantitative estimate of drug-likeness (QED) is 0.735. The average molecular weight is 446 g/mol. The molecule has 23 heavy (non-hydrogen) atoms. The van der Waals surface area contributed by atoms with Crippen molar-refractivity contribution in [1.29, 1.82) is 0 Å². The summed E-state index contributed by atoms with van der Waals surface area (Å²) in [6, 6.07) is 6.37. The van der Waals surface area contributed by atoms with Gasteiger partial charge in [-0.1, -0.05) is 15.9 Å². The zero-order chi connectivity index (χ0) is 16.4. The van der Waals surface area contributed by atoms with Crippen LogP contribution in [0.15, 0.2) is 37.6 Å². The normalized spacial score (nSPS) is 15.1. The first-order chi connectivity index (χ1) is 11.0. The lowest BCUT2D eigenvalue weighted by Crippen LogP contribution is -2.18. The van der Waals surface area contributed by atoms with E-state index in [9.17, 15) is 9.18 Å². The molecule has 0 unspecified atom stereocenters. The second-order valence-corrected chi connectivity index (χ2v) is 7.22. The minimum atomic E-state index is -0.525. The van der Waals surface area contributed by atoms with Crippen molar-refractivity contribution < 1.29 is 13.6 Å². The molecule has 0 bridgehead atoms. The van der Waals surface area contributed by atoms with Crippen LogP contribution in [0.5, 0.6) is 0 Å². The molecule has 4 nitrogen and oxygen atoms in total. The molecule has 1 amide bonds. The van der Waals surface area contributed by atoms with E-state index in [0.29, 0.717) is 15.5 Å². The molecule has 7 heteroatoms. The summed E-state index contributed by atoms with van der Waals surface area (Å²) >= 11 is 6.44. The number of nitrogens with one attached hydrogen (secondary N) is 1. The Bertz CT molecular complexity index is 704. The van der Waals surface area contributed by atoms with Crippen molar-refractivity contribution in [3.05, 3.63) is 50.5 Å². The summed E-state index contributed by atoms with van der Waals surface area (Å²) in [4.78, 5) is 14.5. The molecule has 2 aromatic rings. The lowest BCUT2D eigenvalue weighted by atomic mass is 10.3. The van der Waals surface area contributed by atoms with E-state index in [0.717, 1.165) is 18.8 Å². The van der Waals surface area contributed by atoms with Crippen LogP contribution in [0.1, 0.15) is 29.2 Å². The molecular formula is C16H15Br2FN2O2. The number of nitrogens with zero attached hydrogens (tertiary/aromatic N) is 1. The first-order valence-corrected chi connectivity index (χ1v) is 8.88. The maximum atomic E-state index is 14.0. The van der Waals surface area contributed by atoms with Gasteiger partial charge in [-0.2, -0.15) is 0 Å². The number of benzene rings is 1. The molecule has 0 saturated carbocycles. The van der Waals surface area contributed by atoms with E-state index in [1.807, 2.05) is 0 Å². The molecule has 0 radical (unpaired) electrons. The van der Waals surface area contributed by atoms with Crippen LogP contribution in [-0.2, 0) is 6.54 Å². The molecule has 1 N–H and O–H groups in total. The third kappa shape index (κ3) is 4.02. The van der Waals surface area contributed by atoms with Gasteiger partial charge in [0.25, 0.3) is 5.91 Å². The molecule has 1 fully saturated rings. The van der Waals surface area contributed by atoms with Gasteiger partial charge in [0.05, 0.1) is 12.2 Å². The van der Waals surface area contributed by atoms with Gasteiger partial charge in [0.15, 0.2) is 5.76 Å². The third-order valence-electron chi connectivity index (χ3n) is 3.71. The van der Waals surface area contributed by atoms with Gasteiger partial charge in [-0.25, -0.2) is 4.39 Å². The van der Waals surface area contributed by atoms with E-state index in [1.165, 1.54) is 18.9 Å². The monoisotopic (exact) mass is 444 g/mol. The predicted molar refractivity (Wildman–Crippen MR) is 93.0 cm³/mol. The van der Waals surface area contributed by atoms with E-state index >= 15 is 0 Å². The van der Waals surface area contributed by atoms with E-state index in [4.69, 9.17) is 4.42 Å². The molecule has 1 aromatic carbocycles. The van der Waals surface area contributed by atoms with E-state index in [1.54, 1.807) is 18.2 Å².